The van der Waals surface area contributed by atoms with Crippen molar-refractivity contribution in [1.29, 1.82) is 0 Å². The summed E-state index contributed by atoms with van der Waals surface area (Å²) in [6.07, 6.45) is 1.89. The van der Waals surface area contributed by atoms with Crippen LogP contribution in [0.2, 0.25) is 0 Å². The smallest absolute Gasteiger partial charge is 0.326 e. The van der Waals surface area contributed by atoms with Crippen LogP contribution < -0.4 is 16.4 Å². The molecule has 1 saturated heterocycles. The quantitative estimate of drug-likeness (QED) is 0.295. The number of benzene rings is 1. The van der Waals surface area contributed by atoms with Crippen molar-refractivity contribution in [3.8, 4) is 0 Å². The van der Waals surface area contributed by atoms with Crippen LogP contribution in [0.1, 0.15) is 38.7 Å². The summed E-state index contributed by atoms with van der Waals surface area (Å²) >= 11 is 4.19. The molecule has 0 aromatic heterocycles. The predicted octanol–water partition coefficient (Wildman–Crippen LogP) is 0.578. The molecule has 5 N–H and O–H groups in total. The largest absolute Gasteiger partial charge is 0.480 e. The van der Waals surface area contributed by atoms with Crippen molar-refractivity contribution in [2.24, 2.45) is 11.7 Å². The molecule has 1 aromatic rings. The van der Waals surface area contributed by atoms with Crippen LogP contribution in [0.5, 0.6) is 0 Å². The van der Waals surface area contributed by atoms with E-state index in [1.54, 1.807) is 0 Å². The summed E-state index contributed by atoms with van der Waals surface area (Å²) in [6.45, 7) is 4.03. The zero-order chi connectivity index (χ0) is 24.5. The molecule has 0 saturated carbocycles. The molecule has 1 aliphatic rings. The number of hydrogen-bond donors (Lipinski definition) is 5. The van der Waals surface area contributed by atoms with E-state index in [1.165, 1.54) is 4.90 Å². The third kappa shape index (κ3) is 7.20. The second kappa shape index (κ2) is 12.6. The summed E-state index contributed by atoms with van der Waals surface area (Å²) < 4.78 is 0. The Balaban J connectivity index is 2.06. The summed E-state index contributed by atoms with van der Waals surface area (Å²) in [7, 11) is 0. The molecule has 1 fully saturated rings. The van der Waals surface area contributed by atoms with Crippen LogP contribution in [0.25, 0.3) is 0 Å². The fourth-order valence-corrected chi connectivity index (χ4v) is 4.10. The monoisotopic (exact) mass is 478 g/mol. The van der Waals surface area contributed by atoms with Gasteiger partial charge in [-0.15, -0.1) is 0 Å². The highest BCUT2D eigenvalue weighted by Gasteiger charge is 2.38. The molecule has 1 heterocycles. The topological polar surface area (TPSA) is 142 Å². The fraction of sp³-hybridized carbons (Fsp3) is 0.565. The van der Waals surface area contributed by atoms with E-state index in [1.807, 2.05) is 44.2 Å². The number of rotatable bonds is 11. The number of aliphatic carboxylic acids is 1. The van der Waals surface area contributed by atoms with E-state index in [0.29, 0.717) is 32.2 Å². The van der Waals surface area contributed by atoms with Gasteiger partial charge >= 0.3 is 5.97 Å². The Labute approximate surface area is 199 Å². The van der Waals surface area contributed by atoms with Gasteiger partial charge in [0.2, 0.25) is 17.7 Å². The molecule has 1 aliphatic heterocycles. The second-order valence-electron chi connectivity index (χ2n) is 8.44. The Morgan fingerprint density at radius 3 is 2.42 bits per heavy atom. The van der Waals surface area contributed by atoms with E-state index in [-0.39, 0.29) is 11.7 Å². The first kappa shape index (κ1) is 26.7. The number of hydrogen-bond acceptors (Lipinski definition) is 6. The Morgan fingerprint density at radius 2 is 1.85 bits per heavy atom. The standard InChI is InChI=1S/C23H34N4O5S/c1-3-14(2)19(26-20(28)16(24)12-15-8-5-4-6-9-15)21(29)25-17(13-33)22(30)27-11-7-10-18(27)23(31)32/h4-6,8-9,14,16-19,33H,3,7,10-13,24H2,1-2H3,(H,25,29)(H,26,28)(H,31,32). The maximum atomic E-state index is 13.1. The SMILES string of the molecule is CCC(C)C(NC(=O)C(N)Cc1ccccc1)C(=O)NC(CS)C(=O)N1CCCC1C(=O)O. The highest BCUT2D eigenvalue weighted by molar-refractivity contribution is 7.80. The van der Waals surface area contributed by atoms with Crippen molar-refractivity contribution in [1.82, 2.24) is 15.5 Å². The van der Waals surface area contributed by atoms with Crippen LogP contribution >= 0.6 is 12.6 Å². The van der Waals surface area contributed by atoms with Crippen molar-refractivity contribution < 1.29 is 24.3 Å². The summed E-state index contributed by atoms with van der Waals surface area (Å²) in [6, 6.07) is 5.70. The minimum atomic E-state index is -1.07. The van der Waals surface area contributed by atoms with Crippen molar-refractivity contribution in [3.63, 3.8) is 0 Å². The lowest BCUT2D eigenvalue weighted by Gasteiger charge is -2.29. The molecule has 33 heavy (non-hydrogen) atoms. The molecule has 0 radical (unpaired) electrons. The van der Waals surface area contributed by atoms with Crippen molar-refractivity contribution in [2.75, 3.05) is 12.3 Å². The zero-order valence-corrected chi connectivity index (χ0v) is 20.0. The molecule has 10 heteroatoms. The number of carboxylic acid groups (broad SMARTS) is 1. The van der Waals surface area contributed by atoms with Crippen molar-refractivity contribution in [3.05, 3.63) is 35.9 Å². The van der Waals surface area contributed by atoms with Gasteiger partial charge in [0.15, 0.2) is 0 Å². The number of likely N-dealkylation sites (tertiary alicyclic amines) is 1. The second-order valence-corrected chi connectivity index (χ2v) is 8.80. The maximum Gasteiger partial charge on any atom is 0.326 e. The molecule has 0 spiro atoms. The highest BCUT2D eigenvalue weighted by Crippen LogP contribution is 2.19. The number of nitrogens with one attached hydrogen (secondary N) is 2. The third-order valence-corrected chi connectivity index (χ3v) is 6.41. The van der Waals surface area contributed by atoms with Crippen LogP contribution in [0.4, 0.5) is 0 Å². The lowest BCUT2D eigenvalue weighted by Crippen LogP contribution is -2.59. The summed E-state index contributed by atoms with van der Waals surface area (Å²) in [5.41, 5.74) is 6.98. The van der Waals surface area contributed by atoms with Gasteiger partial charge in [0.25, 0.3) is 0 Å². The van der Waals surface area contributed by atoms with Crippen LogP contribution in [-0.4, -0.2) is 70.2 Å². The summed E-state index contributed by atoms with van der Waals surface area (Å²) in [5.74, 6) is -2.75. The van der Waals surface area contributed by atoms with Crippen LogP contribution in [0.3, 0.4) is 0 Å². The first-order valence-electron chi connectivity index (χ1n) is 11.2. The normalized spacial score (nSPS) is 19.3. The molecule has 5 atom stereocenters. The van der Waals surface area contributed by atoms with Gasteiger partial charge in [-0.1, -0.05) is 50.6 Å². The van der Waals surface area contributed by atoms with Crippen LogP contribution in [0.15, 0.2) is 30.3 Å². The van der Waals surface area contributed by atoms with E-state index in [0.717, 1.165) is 5.56 Å². The zero-order valence-electron chi connectivity index (χ0n) is 19.1. The van der Waals surface area contributed by atoms with Gasteiger partial charge in [0.05, 0.1) is 6.04 Å². The van der Waals surface area contributed by atoms with E-state index >= 15 is 0 Å². The van der Waals surface area contributed by atoms with Gasteiger partial charge in [0, 0.05) is 12.3 Å². The van der Waals surface area contributed by atoms with E-state index < -0.39 is 47.9 Å². The molecule has 2 rings (SSSR count). The highest BCUT2D eigenvalue weighted by atomic mass is 32.1. The first-order valence-corrected chi connectivity index (χ1v) is 11.9. The number of carboxylic acids is 1. The van der Waals surface area contributed by atoms with Gasteiger partial charge in [-0.25, -0.2) is 4.79 Å². The number of nitrogens with zero attached hydrogens (tertiary/aromatic N) is 1. The van der Waals surface area contributed by atoms with Crippen molar-refractivity contribution >= 4 is 36.3 Å². The van der Waals surface area contributed by atoms with Crippen molar-refractivity contribution in [2.45, 2.75) is 63.7 Å². The van der Waals surface area contributed by atoms with Gasteiger partial charge in [-0.2, -0.15) is 12.6 Å². The fourth-order valence-electron chi connectivity index (χ4n) is 3.86. The molecule has 5 unspecified atom stereocenters. The molecule has 9 nitrogen and oxygen atoms in total. The van der Waals surface area contributed by atoms with Gasteiger partial charge in [-0.05, 0) is 30.7 Å². The van der Waals surface area contributed by atoms with Gasteiger partial charge < -0.3 is 26.4 Å². The minimum absolute atomic E-state index is 0.00209. The number of amides is 3. The molecular weight excluding hydrogens is 444 g/mol. The minimum Gasteiger partial charge on any atom is -0.480 e. The number of carbonyl (C=O) groups excluding carboxylic acids is 3. The molecule has 3 amide bonds. The predicted molar refractivity (Wildman–Crippen MR) is 128 cm³/mol. The Bertz CT molecular complexity index is 837. The summed E-state index contributed by atoms with van der Waals surface area (Å²) in [4.78, 5) is 51.4. The number of nitrogens with two attached hydrogens (primary N) is 1. The Hall–Kier alpha value is -2.59. The Morgan fingerprint density at radius 1 is 1.18 bits per heavy atom. The molecule has 0 bridgehead atoms. The maximum absolute atomic E-state index is 13.1. The third-order valence-electron chi connectivity index (χ3n) is 6.05. The Kier molecular flexibility index (Phi) is 10.2. The number of thiol groups is 1. The first-order chi connectivity index (χ1) is 15.7. The van der Waals surface area contributed by atoms with E-state index in [9.17, 15) is 24.3 Å². The van der Waals surface area contributed by atoms with Crippen LogP contribution in [0, 0.1) is 5.92 Å². The van der Waals surface area contributed by atoms with Crippen LogP contribution in [-0.2, 0) is 25.6 Å². The summed E-state index contributed by atoms with van der Waals surface area (Å²) in [5, 5.41) is 14.7. The number of carbonyl (C=O) groups is 4. The average molecular weight is 479 g/mol. The van der Waals surface area contributed by atoms with Gasteiger partial charge in [-0.3, -0.25) is 14.4 Å². The lowest BCUT2D eigenvalue weighted by atomic mass is 9.97. The molecule has 0 aliphatic carbocycles. The van der Waals surface area contributed by atoms with E-state index in [2.05, 4.69) is 23.3 Å². The van der Waals surface area contributed by atoms with Gasteiger partial charge in [0.1, 0.15) is 18.1 Å². The molecule has 182 valence electrons. The van der Waals surface area contributed by atoms with E-state index in [4.69, 9.17) is 5.73 Å². The molecular formula is C23H34N4O5S. The molecule has 1 aromatic carbocycles. The lowest BCUT2D eigenvalue weighted by molar-refractivity contribution is -0.149. The average Bonchev–Trinajstić information content (AvgIpc) is 3.30.